The van der Waals surface area contributed by atoms with E-state index in [0.717, 1.165) is 17.7 Å². The standard InChI is InChI=1S/C19H20F3NO5S2/c1-2-27-18(24)15(13-29-12-14-8-4-3-5-9-14)23-30(25,26)17-11-7-6-10-16(17)28-19(20,21)22/h3-11,15,23H,2,12-13H2,1H3. The van der Waals surface area contributed by atoms with Crippen molar-refractivity contribution in [3.05, 3.63) is 60.2 Å². The van der Waals surface area contributed by atoms with Crippen LogP contribution in [0.2, 0.25) is 0 Å². The molecule has 2 aromatic rings. The third kappa shape index (κ3) is 7.54. The summed E-state index contributed by atoms with van der Waals surface area (Å²) in [5.41, 5.74) is 0.969. The van der Waals surface area contributed by atoms with Crippen LogP contribution in [-0.2, 0) is 25.3 Å². The summed E-state index contributed by atoms with van der Waals surface area (Å²) in [6.07, 6.45) is -5.07. The first-order valence-corrected chi connectivity index (χ1v) is 11.4. The molecule has 164 valence electrons. The van der Waals surface area contributed by atoms with Crippen LogP contribution < -0.4 is 9.46 Å². The summed E-state index contributed by atoms with van der Waals surface area (Å²) in [6, 6.07) is 12.3. The number of hydrogen-bond donors (Lipinski definition) is 1. The van der Waals surface area contributed by atoms with Crippen LogP contribution in [0.1, 0.15) is 12.5 Å². The lowest BCUT2D eigenvalue weighted by atomic mass is 10.2. The highest BCUT2D eigenvalue weighted by molar-refractivity contribution is 7.98. The van der Waals surface area contributed by atoms with E-state index in [1.807, 2.05) is 30.3 Å². The van der Waals surface area contributed by atoms with E-state index in [9.17, 15) is 26.4 Å². The van der Waals surface area contributed by atoms with Gasteiger partial charge in [-0.25, -0.2) is 8.42 Å². The second kappa shape index (κ2) is 10.7. The van der Waals surface area contributed by atoms with Crippen molar-refractivity contribution < 1.29 is 35.9 Å². The minimum absolute atomic E-state index is 0.0220. The smallest absolute Gasteiger partial charge is 0.465 e. The van der Waals surface area contributed by atoms with E-state index in [-0.39, 0.29) is 12.4 Å². The van der Waals surface area contributed by atoms with Crippen molar-refractivity contribution >= 4 is 27.8 Å². The molecule has 0 aliphatic carbocycles. The first kappa shape index (κ1) is 24.0. The Bertz CT molecular complexity index is 937. The van der Waals surface area contributed by atoms with Gasteiger partial charge in [0.15, 0.2) is 0 Å². The molecule has 0 amide bonds. The van der Waals surface area contributed by atoms with Gasteiger partial charge in [0.25, 0.3) is 0 Å². The van der Waals surface area contributed by atoms with Crippen LogP contribution in [0.3, 0.4) is 0 Å². The zero-order valence-electron chi connectivity index (χ0n) is 15.9. The Hall–Kier alpha value is -2.24. The van der Waals surface area contributed by atoms with Crippen molar-refractivity contribution in [2.24, 2.45) is 0 Å². The molecule has 11 heteroatoms. The zero-order chi connectivity index (χ0) is 22.2. The predicted molar refractivity (Wildman–Crippen MR) is 106 cm³/mol. The minimum Gasteiger partial charge on any atom is -0.465 e. The van der Waals surface area contributed by atoms with Gasteiger partial charge in [-0.3, -0.25) is 4.79 Å². The van der Waals surface area contributed by atoms with Gasteiger partial charge in [-0.15, -0.1) is 13.2 Å². The molecule has 1 N–H and O–H groups in total. The van der Waals surface area contributed by atoms with Gasteiger partial charge in [0, 0.05) is 11.5 Å². The Morgan fingerprint density at radius 3 is 2.37 bits per heavy atom. The van der Waals surface area contributed by atoms with Crippen molar-refractivity contribution in [3.8, 4) is 5.75 Å². The van der Waals surface area contributed by atoms with Crippen LogP contribution in [0.25, 0.3) is 0 Å². The molecule has 6 nitrogen and oxygen atoms in total. The highest BCUT2D eigenvalue weighted by atomic mass is 32.2. The molecule has 2 rings (SSSR count). The number of ether oxygens (including phenoxy) is 2. The van der Waals surface area contributed by atoms with Crippen LogP contribution in [0.4, 0.5) is 13.2 Å². The van der Waals surface area contributed by atoms with Crippen LogP contribution >= 0.6 is 11.8 Å². The highest BCUT2D eigenvalue weighted by Gasteiger charge is 2.35. The maximum atomic E-state index is 12.7. The van der Waals surface area contributed by atoms with Crippen LogP contribution in [0.5, 0.6) is 5.75 Å². The minimum atomic E-state index is -5.07. The monoisotopic (exact) mass is 463 g/mol. The number of halogens is 3. The molecule has 0 saturated carbocycles. The molecule has 0 radical (unpaired) electrons. The van der Waals surface area contributed by atoms with Crippen LogP contribution in [0, 0.1) is 0 Å². The Labute approximate surface area is 176 Å². The molecular weight excluding hydrogens is 443 g/mol. The van der Waals surface area contributed by atoms with Gasteiger partial charge in [-0.2, -0.15) is 16.5 Å². The maximum absolute atomic E-state index is 12.7. The summed E-state index contributed by atoms with van der Waals surface area (Å²) < 4.78 is 74.1. The molecule has 0 heterocycles. The summed E-state index contributed by atoms with van der Waals surface area (Å²) in [5, 5.41) is 0. The molecule has 1 atom stereocenters. The maximum Gasteiger partial charge on any atom is 0.573 e. The lowest BCUT2D eigenvalue weighted by Crippen LogP contribution is -2.43. The lowest BCUT2D eigenvalue weighted by molar-refractivity contribution is -0.275. The van der Waals surface area contributed by atoms with Crippen molar-refractivity contribution in [2.45, 2.75) is 30.0 Å². The van der Waals surface area contributed by atoms with E-state index < -0.39 is 39.0 Å². The number of benzene rings is 2. The van der Waals surface area contributed by atoms with Crippen molar-refractivity contribution in [3.63, 3.8) is 0 Å². The third-order valence-corrected chi connectivity index (χ3v) is 6.25. The fourth-order valence-corrected chi connectivity index (χ4v) is 4.81. The lowest BCUT2D eigenvalue weighted by Gasteiger charge is -2.19. The topological polar surface area (TPSA) is 81.7 Å². The summed E-state index contributed by atoms with van der Waals surface area (Å²) in [6.45, 7) is 1.58. The number of rotatable bonds is 10. The van der Waals surface area contributed by atoms with Crippen molar-refractivity contribution in [2.75, 3.05) is 12.4 Å². The van der Waals surface area contributed by atoms with Gasteiger partial charge in [-0.1, -0.05) is 42.5 Å². The van der Waals surface area contributed by atoms with Gasteiger partial charge < -0.3 is 9.47 Å². The van der Waals surface area contributed by atoms with Crippen molar-refractivity contribution in [1.82, 2.24) is 4.72 Å². The van der Waals surface area contributed by atoms with Gasteiger partial charge in [0.05, 0.1) is 6.61 Å². The second-order valence-corrected chi connectivity index (χ2v) is 8.63. The first-order valence-electron chi connectivity index (χ1n) is 8.78. The Kier molecular flexibility index (Phi) is 8.56. The number of esters is 1. The Balaban J connectivity index is 2.18. The van der Waals surface area contributed by atoms with E-state index >= 15 is 0 Å². The fourth-order valence-electron chi connectivity index (χ4n) is 2.39. The number of hydrogen-bond acceptors (Lipinski definition) is 6. The summed E-state index contributed by atoms with van der Waals surface area (Å²) in [5.74, 6) is -1.19. The van der Waals surface area contributed by atoms with Gasteiger partial charge in [-0.05, 0) is 24.6 Å². The van der Waals surface area contributed by atoms with Gasteiger partial charge in [0.2, 0.25) is 10.0 Å². The quantitative estimate of drug-likeness (QED) is 0.541. The molecular formula is C19H20F3NO5S2. The molecule has 1 unspecified atom stereocenters. The zero-order valence-corrected chi connectivity index (χ0v) is 17.5. The number of nitrogens with one attached hydrogen (secondary N) is 1. The third-order valence-electron chi connectivity index (χ3n) is 3.63. The number of carbonyl (C=O) groups excluding carboxylic acids is 1. The number of thioether (sulfide) groups is 1. The predicted octanol–water partition coefficient (Wildman–Crippen LogP) is 3.73. The SMILES string of the molecule is CCOC(=O)C(CSCc1ccccc1)NS(=O)(=O)c1ccccc1OC(F)(F)F. The van der Waals surface area contributed by atoms with Gasteiger partial charge >= 0.3 is 12.3 Å². The molecule has 0 spiro atoms. The first-order chi connectivity index (χ1) is 14.1. The molecule has 30 heavy (non-hydrogen) atoms. The van der Waals surface area contributed by atoms with Crippen LogP contribution in [-0.4, -0.2) is 39.2 Å². The molecule has 0 bridgehead atoms. The molecule has 0 aromatic heterocycles. The Morgan fingerprint density at radius 1 is 1.10 bits per heavy atom. The summed E-state index contributed by atoms with van der Waals surface area (Å²) in [7, 11) is -4.51. The largest absolute Gasteiger partial charge is 0.573 e. The molecule has 2 aromatic carbocycles. The number of para-hydroxylation sites is 1. The van der Waals surface area contributed by atoms with E-state index in [4.69, 9.17) is 4.74 Å². The molecule has 0 fully saturated rings. The highest BCUT2D eigenvalue weighted by Crippen LogP contribution is 2.29. The average molecular weight is 463 g/mol. The molecule has 0 saturated heterocycles. The van der Waals surface area contributed by atoms with Gasteiger partial charge in [0.1, 0.15) is 16.7 Å². The van der Waals surface area contributed by atoms with E-state index in [1.165, 1.54) is 23.9 Å². The normalized spacial score (nSPS) is 12.9. The summed E-state index contributed by atoms with van der Waals surface area (Å²) >= 11 is 1.28. The van der Waals surface area contributed by atoms with E-state index in [1.54, 1.807) is 6.92 Å². The van der Waals surface area contributed by atoms with Crippen molar-refractivity contribution in [1.29, 1.82) is 0 Å². The van der Waals surface area contributed by atoms with E-state index in [2.05, 4.69) is 9.46 Å². The fraction of sp³-hybridized carbons (Fsp3) is 0.316. The molecule has 0 aliphatic heterocycles. The van der Waals surface area contributed by atoms with Crippen LogP contribution in [0.15, 0.2) is 59.5 Å². The number of alkyl halides is 3. The van der Waals surface area contributed by atoms with E-state index in [0.29, 0.717) is 5.75 Å². The average Bonchev–Trinajstić information content (AvgIpc) is 2.67. The number of sulfonamides is 1. The Morgan fingerprint density at radius 2 is 1.73 bits per heavy atom. The molecule has 0 aliphatic rings. The summed E-state index contributed by atoms with van der Waals surface area (Å²) in [4.78, 5) is 11.5. The second-order valence-electron chi connectivity index (χ2n) is 5.92. The number of carbonyl (C=O) groups is 1.